The van der Waals surface area contributed by atoms with Crippen molar-refractivity contribution in [3.63, 3.8) is 0 Å². The largest absolute Gasteiger partial charge is 0.386 e. The Labute approximate surface area is 135 Å². The van der Waals surface area contributed by atoms with Gasteiger partial charge >= 0.3 is 0 Å². The van der Waals surface area contributed by atoms with Gasteiger partial charge in [-0.05, 0) is 30.7 Å². The molecule has 0 radical (unpaired) electrons. The van der Waals surface area contributed by atoms with E-state index in [9.17, 15) is 5.26 Å². The predicted molar refractivity (Wildman–Crippen MR) is 87.7 cm³/mol. The minimum atomic E-state index is -0.0195. The second-order valence-corrected chi connectivity index (χ2v) is 5.81. The van der Waals surface area contributed by atoms with Crippen LogP contribution in [0.25, 0.3) is 6.08 Å². The molecule has 0 saturated heterocycles. The molecule has 0 saturated carbocycles. The van der Waals surface area contributed by atoms with Crippen LogP contribution in [0.3, 0.4) is 0 Å². The fourth-order valence-electron chi connectivity index (χ4n) is 2.41. The number of halogens is 2. The molecule has 2 N–H and O–H groups in total. The molecule has 5 heteroatoms. The molecule has 1 heterocycles. The summed E-state index contributed by atoms with van der Waals surface area (Å²) in [7, 11) is 0. The Balaban J connectivity index is 2.30. The molecule has 1 atom stereocenters. The lowest BCUT2D eigenvalue weighted by Gasteiger charge is -2.19. The highest BCUT2D eigenvalue weighted by Crippen LogP contribution is 2.30. The van der Waals surface area contributed by atoms with Crippen LogP contribution in [0.2, 0.25) is 10.0 Å². The van der Waals surface area contributed by atoms with Gasteiger partial charge in [-0.3, -0.25) is 0 Å². The molecule has 1 aromatic carbocycles. The highest BCUT2D eigenvalue weighted by molar-refractivity contribution is 6.37. The van der Waals surface area contributed by atoms with Crippen LogP contribution in [-0.4, -0.2) is 18.0 Å². The van der Waals surface area contributed by atoms with Gasteiger partial charge in [0.05, 0.1) is 11.9 Å². The zero-order valence-electron chi connectivity index (χ0n) is 11.8. The SMILES string of the molecule is CCCN1CC(/C(C#N)=C\c2c(Cl)cccc2Cl)C=C1N. The first-order chi connectivity index (χ1) is 10.1. The number of nitrogens with two attached hydrogens (primary N) is 1. The molecular weight excluding hydrogens is 305 g/mol. The lowest BCUT2D eigenvalue weighted by Crippen LogP contribution is -2.26. The van der Waals surface area contributed by atoms with Crippen LogP contribution in [0.4, 0.5) is 0 Å². The Morgan fingerprint density at radius 1 is 1.48 bits per heavy atom. The van der Waals surface area contributed by atoms with Crippen molar-refractivity contribution >= 4 is 29.3 Å². The van der Waals surface area contributed by atoms with E-state index in [-0.39, 0.29) is 5.92 Å². The fourth-order valence-corrected chi connectivity index (χ4v) is 2.92. The first kappa shape index (κ1) is 15.8. The molecule has 0 bridgehead atoms. The average Bonchev–Trinajstić information content (AvgIpc) is 2.80. The van der Waals surface area contributed by atoms with E-state index in [1.165, 1.54) is 0 Å². The molecule has 0 amide bonds. The summed E-state index contributed by atoms with van der Waals surface area (Å²) in [6.07, 6.45) is 4.70. The lowest BCUT2D eigenvalue weighted by atomic mass is 9.99. The molecule has 3 nitrogen and oxygen atoms in total. The summed E-state index contributed by atoms with van der Waals surface area (Å²) >= 11 is 12.3. The quantitative estimate of drug-likeness (QED) is 0.851. The minimum Gasteiger partial charge on any atom is -0.386 e. The number of rotatable bonds is 4. The van der Waals surface area contributed by atoms with Crippen molar-refractivity contribution in [3.05, 3.63) is 51.3 Å². The van der Waals surface area contributed by atoms with Gasteiger partial charge in [0.25, 0.3) is 0 Å². The van der Waals surface area contributed by atoms with Gasteiger partial charge in [0.1, 0.15) is 0 Å². The molecule has 1 aliphatic rings. The average molecular weight is 322 g/mol. The smallest absolute Gasteiger partial charge is 0.0954 e. The zero-order valence-corrected chi connectivity index (χ0v) is 13.3. The fraction of sp³-hybridized carbons (Fsp3) is 0.312. The molecule has 0 spiro atoms. The maximum Gasteiger partial charge on any atom is 0.0954 e. The monoisotopic (exact) mass is 321 g/mol. The molecule has 2 rings (SSSR count). The molecule has 21 heavy (non-hydrogen) atoms. The Morgan fingerprint density at radius 3 is 2.71 bits per heavy atom. The summed E-state index contributed by atoms with van der Waals surface area (Å²) in [5.41, 5.74) is 7.30. The van der Waals surface area contributed by atoms with Crippen molar-refractivity contribution in [2.45, 2.75) is 13.3 Å². The lowest BCUT2D eigenvalue weighted by molar-refractivity contribution is 0.355. The number of nitrogens with zero attached hydrogens (tertiary/aromatic N) is 2. The van der Waals surface area contributed by atoms with E-state index >= 15 is 0 Å². The van der Waals surface area contributed by atoms with Crippen molar-refractivity contribution in [2.24, 2.45) is 11.7 Å². The van der Waals surface area contributed by atoms with Gasteiger partial charge in [0, 0.05) is 40.2 Å². The second kappa shape index (κ2) is 6.89. The highest BCUT2D eigenvalue weighted by atomic mass is 35.5. The van der Waals surface area contributed by atoms with E-state index in [0.717, 1.165) is 25.3 Å². The summed E-state index contributed by atoms with van der Waals surface area (Å²) in [5.74, 6) is 0.710. The van der Waals surface area contributed by atoms with Gasteiger partial charge in [-0.1, -0.05) is 36.2 Å². The third kappa shape index (κ3) is 3.53. The van der Waals surface area contributed by atoms with Crippen molar-refractivity contribution in [3.8, 4) is 6.07 Å². The summed E-state index contributed by atoms with van der Waals surface area (Å²) < 4.78 is 0. The van der Waals surface area contributed by atoms with Crippen molar-refractivity contribution in [1.82, 2.24) is 4.90 Å². The van der Waals surface area contributed by atoms with E-state index in [0.29, 0.717) is 21.2 Å². The molecule has 1 aromatic rings. The van der Waals surface area contributed by atoms with Crippen LogP contribution in [0.5, 0.6) is 0 Å². The van der Waals surface area contributed by atoms with Gasteiger partial charge in [-0.2, -0.15) is 5.26 Å². The normalized spacial score (nSPS) is 18.6. The first-order valence-electron chi connectivity index (χ1n) is 6.84. The van der Waals surface area contributed by atoms with Gasteiger partial charge in [0.15, 0.2) is 0 Å². The molecule has 110 valence electrons. The second-order valence-electron chi connectivity index (χ2n) is 4.99. The third-order valence-corrected chi connectivity index (χ3v) is 4.13. The highest BCUT2D eigenvalue weighted by Gasteiger charge is 2.24. The van der Waals surface area contributed by atoms with Crippen LogP contribution >= 0.6 is 23.2 Å². The van der Waals surface area contributed by atoms with Gasteiger partial charge in [0.2, 0.25) is 0 Å². The standard InChI is InChI=1S/C16H17Cl2N3/c1-2-6-21-10-12(8-16(21)20)11(9-19)7-13-14(17)4-3-5-15(13)18/h3-5,7-8,12H,2,6,10,20H2,1H3/b11-7-. The van der Waals surface area contributed by atoms with Crippen molar-refractivity contribution in [2.75, 3.05) is 13.1 Å². The van der Waals surface area contributed by atoms with E-state index in [4.69, 9.17) is 28.9 Å². The minimum absolute atomic E-state index is 0.0195. The van der Waals surface area contributed by atoms with E-state index < -0.39 is 0 Å². The number of hydrogen-bond donors (Lipinski definition) is 1. The van der Waals surface area contributed by atoms with Crippen molar-refractivity contribution in [1.29, 1.82) is 5.26 Å². The van der Waals surface area contributed by atoms with Gasteiger partial charge in [-0.25, -0.2) is 0 Å². The topological polar surface area (TPSA) is 53.0 Å². The molecule has 0 fully saturated rings. The van der Waals surface area contributed by atoms with Crippen molar-refractivity contribution < 1.29 is 0 Å². The van der Waals surface area contributed by atoms with Crippen LogP contribution in [0, 0.1) is 17.2 Å². The summed E-state index contributed by atoms with van der Waals surface area (Å²) in [6, 6.07) is 7.55. The first-order valence-corrected chi connectivity index (χ1v) is 7.60. The van der Waals surface area contributed by atoms with Crippen LogP contribution in [-0.2, 0) is 0 Å². The third-order valence-electron chi connectivity index (χ3n) is 3.48. The Bertz CT molecular complexity index is 609. The molecule has 0 aliphatic carbocycles. The van der Waals surface area contributed by atoms with Crippen LogP contribution in [0.15, 0.2) is 35.7 Å². The van der Waals surface area contributed by atoms with Gasteiger partial charge in [-0.15, -0.1) is 0 Å². The van der Waals surface area contributed by atoms with Gasteiger partial charge < -0.3 is 10.6 Å². The predicted octanol–water partition coefficient (Wildman–Crippen LogP) is 4.04. The Hall–Kier alpha value is -1.63. The van der Waals surface area contributed by atoms with Crippen LogP contribution < -0.4 is 5.73 Å². The number of benzene rings is 1. The summed E-state index contributed by atoms with van der Waals surface area (Å²) in [5, 5.41) is 10.5. The molecule has 1 unspecified atom stereocenters. The van der Waals surface area contributed by atoms with E-state index in [2.05, 4.69) is 17.9 Å². The maximum absolute atomic E-state index is 9.44. The van der Waals surface area contributed by atoms with E-state index in [1.807, 2.05) is 6.08 Å². The number of nitriles is 1. The van der Waals surface area contributed by atoms with Crippen LogP contribution in [0.1, 0.15) is 18.9 Å². The van der Waals surface area contributed by atoms with E-state index in [1.54, 1.807) is 24.3 Å². The molecular formula is C16H17Cl2N3. The number of hydrogen-bond acceptors (Lipinski definition) is 3. The zero-order chi connectivity index (χ0) is 15.4. The summed E-state index contributed by atoms with van der Waals surface area (Å²) in [6.45, 7) is 3.72. The molecule has 1 aliphatic heterocycles. The summed E-state index contributed by atoms with van der Waals surface area (Å²) in [4.78, 5) is 2.09. The Morgan fingerprint density at radius 2 is 2.14 bits per heavy atom. The maximum atomic E-state index is 9.44. The Kier molecular flexibility index (Phi) is 5.17. The molecule has 0 aromatic heterocycles.